The van der Waals surface area contributed by atoms with Crippen molar-refractivity contribution in [2.75, 3.05) is 18.6 Å². The van der Waals surface area contributed by atoms with E-state index in [4.69, 9.17) is 11.6 Å². The molecule has 0 aliphatic heterocycles. The van der Waals surface area contributed by atoms with Crippen LogP contribution in [-0.2, 0) is 20.6 Å². The number of hydrogen-bond acceptors (Lipinski definition) is 4. The first kappa shape index (κ1) is 23.3. The number of para-hydroxylation sites is 1. The van der Waals surface area contributed by atoms with Crippen molar-refractivity contribution in [2.24, 2.45) is 0 Å². The number of benzene rings is 3. The van der Waals surface area contributed by atoms with E-state index in [0.717, 1.165) is 21.0 Å². The lowest BCUT2D eigenvalue weighted by Gasteiger charge is -2.26. The first-order valence-corrected chi connectivity index (χ1v) is 12.7. The van der Waals surface area contributed by atoms with E-state index in [1.807, 2.05) is 54.6 Å². The molecule has 3 aromatic carbocycles. The van der Waals surface area contributed by atoms with Gasteiger partial charge in [0.05, 0.1) is 11.9 Å². The van der Waals surface area contributed by atoms with Gasteiger partial charge in [0, 0.05) is 22.7 Å². The second-order valence-electron chi connectivity index (χ2n) is 6.99. The topological polar surface area (TPSA) is 66.5 Å². The third kappa shape index (κ3) is 6.33. The molecule has 162 valence electrons. The predicted molar refractivity (Wildman–Crippen MR) is 128 cm³/mol. The predicted octanol–water partition coefficient (Wildman–Crippen LogP) is 5.20. The van der Waals surface area contributed by atoms with Gasteiger partial charge in [-0.05, 0) is 35.4 Å². The van der Waals surface area contributed by atoms with Gasteiger partial charge in [-0.3, -0.25) is 4.79 Å². The molecule has 0 spiro atoms. The van der Waals surface area contributed by atoms with Crippen molar-refractivity contribution < 1.29 is 13.2 Å². The minimum absolute atomic E-state index is 0.418. The summed E-state index contributed by atoms with van der Waals surface area (Å²) in [7, 11) is -2.18. The number of nitrogens with one attached hydrogen (secondary N) is 1. The molecule has 0 aliphatic rings. The van der Waals surface area contributed by atoms with Crippen LogP contribution in [0.4, 0.5) is 5.69 Å². The first-order valence-electron chi connectivity index (χ1n) is 9.51. The Morgan fingerprint density at radius 1 is 1.00 bits per heavy atom. The summed E-state index contributed by atoms with van der Waals surface area (Å²) in [4.78, 5) is 14.1. The van der Waals surface area contributed by atoms with Crippen molar-refractivity contribution in [3.8, 4) is 0 Å². The molecule has 0 saturated carbocycles. The summed E-state index contributed by atoms with van der Waals surface area (Å²) in [5, 5.41) is 3.60. The van der Waals surface area contributed by atoms with Crippen LogP contribution in [0, 0.1) is 0 Å². The lowest BCUT2D eigenvalue weighted by atomic mass is 10.1. The van der Waals surface area contributed by atoms with Crippen molar-refractivity contribution in [1.29, 1.82) is 0 Å². The molecular weight excluding hydrogens is 452 g/mol. The molecule has 1 atom stereocenters. The van der Waals surface area contributed by atoms with E-state index in [1.54, 1.807) is 36.0 Å². The number of sulfonamides is 1. The maximum atomic E-state index is 13.2. The van der Waals surface area contributed by atoms with E-state index in [2.05, 4.69) is 5.32 Å². The highest BCUT2D eigenvalue weighted by Crippen LogP contribution is 2.32. The molecule has 1 unspecified atom stereocenters. The second kappa shape index (κ2) is 10.3. The van der Waals surface area contributed by atoms with Gasteiger partial charge in [-0.1, -0.05) is 66.2 Å². The van der Waals surface area contributed by atoms with Gasteiger partial charge in [-0.25, -0.2) is 8.42 Å². The number of thioether (sulfide) groups is 1. The van der Waals surface area contributed by atoms with Crippen LogP contribution in [0.1, 0.15) is 17.2 Å². The van der Waals surface area contributed by atoms with Crippen LogP contribution < -0.4 is 5.32 Å². The minimum Gasteiger partial charge on any atom is -0.323 e. The Hall–Kier alpha value is -2.32. The lowest BCUT2D eigenvalue weighted by Crippen LogP contribution is -2.38. The molecular formula is C23H23ClN2O3S2. The molecule has 0 saturated heterocycles. The Labute approximate surface area is 192 Å². The van der Waals surface area contributed by atoms with Gasteiger partial charge in [0.2, 0.25) is 15.9 Å². The molecule has 8 heteroatoms. The summed E-state index contributed by atoms with van der Waals surface area (Å²) in [5.41, 5.74) is 2.34. The van der Waals surface area contributed by atoms with Crippen LogP contribution >= 0.6 is 23.4 Å². The fourth-order valence-electron chi connectivity index (χ4n) is 2.99. The van der Waals surface area contributed by atoms with Crippen molar-refractivity contribution in [1.82, 2.24) is 4.31 Å². The third-order valence-electron chi connectivity index (χ3n) is 4.70. The Morgan fingerprint density at radius 2 is 1.61 bits per heavy atom. The highest BCUT2D eigenvalue weighted by atomic mass is 35.5. The number of anilines is 1. The lowest BCUT2D eigenvalue weighted by molar-refractivity contribution is -0.119. The number of hydrogen-bond donors (Lipinski definition) is 1. The van der Waals surface area contributed by atoms with E-state index in [1.165, 1.54) is 7.05 Å². The average molecular weight is 475 g/mol. The van der Waals surface area contributed by atoms with Gasteiger partial charge in [0.25, 0.3) is 0 Å². The normalized spacial score (nSPS) is 12.5. The van der Waals surface area contributed by atoms with Gasteiger partial charge in [0.1, 0.15) is 6.04 Å². The Bertz CT molecular complexity index is 1140. The fraction of sp³-hybridized carbons (Fsp3) is 0.174. The number of carbonyl (C=O) groups excluding carboxylic acids is 1. The molecule has 1 N–H and O–H groups in total. The number of carbonyl (C=O) groups is 1. The zero-order valence-corrected chi connectivity index (χ0v) is 19.5. The van der Waals surface area contributed by atoms with E-state index >= 15 is 0 Å². The Kier molecular flexibility index (Phi) is 7.78. The zero-order chi connectivity index (χ0) is 22.4. The highest BCUT2D eigenvalue weighted by Gasteiger charge is 2.31. The number of likely N-dealkylation sites (N-methyl/N-ethyl adjacent to an activating group) is 1. The number of nitrogens with zero attached hydrogens (tertiary/aromatic N) is 1. The molecule has 0 bridgehead atoms. The van der Waals surface area contributed by atoms with Gasteiger partial charge in [-0.15, -0.1) is 11.8 Å². The van der Waals surface area contributed by atoms with Crippen molar-refractivity contribution in [3.63, 3.8) is 0 Å². The van der Waals surface area contributed by atoms with Crippen molar-refractivity contribution >= 4 is 45.0 Å². The smallest absolute Gasteiger partial charge is 0.247 e. The quantitative estimate of drug-likeness (QED) is 0.455. The summed E-state index contributed by atoms with van der Waals surface area (Å²) >= 11 is 7.53. The Morgan fingerprint density at radius 3 is 2.26 bits per heavy atom. The zero-order valence-electron chi connectivity index (χ0n) is 17.2. The van der Waals surface area contributed by atoms with Gasteiger partial charge in [0.15, 0.2) is 0 Å². The molecule has 0 radical (unpaired) electrons. The van der Waals surface area contributed by atoms with E-state index in [9.17, 15) is 13.2 Å². The van der Waals surface area contributed by atoms with E-state index in [-0.39, 0.29) is 0 Å². The Balaban J connectivity index is 1.83. The van der Waals surface area contributed by atoms with Crippen LogP contribution in [0.5, 0.6) is 0 Å². The first-order chi connectivity index (χ1) is 14.8. The molecule has 5 nitrogen and oxygen atoms in total. The van der Waals surface area contributed by atoms with E-state index in [0.29, 0.717) is 22.0 Å². The summed E-state index contributed by atoms with van der Waals surface area (Å²) in [5.74, 6) is 0.286. The van der Waals surface area contributed by atoms with Crippen LogP contribution in [0.3, 0.4) is 0 Å². The molecule has 3 aromatic rings. The third-order valence-corrected chi connectivity index (χ3v) is 7.36. The monoisotopic (exact) mass is 474 g/mol. The van der Waals surface area contributed by atoms with Crippen LogP contribution in [0.15, 0.2) is 83.8 Å². The fourth-order valence-corrected chi connectivity index (χ4v) is 4.68. The van der Waals surface area contributed by atoms with Gasteiger partial charge < -0.3 is 5.32 Å². The molecule has 1 amide bonds. The molecule has 0 fully saturated rings. The number of halogens is 1. The van der Waals surface area contributed by atoms with Gasteiger partial charge in [-0.2, -0.15) is 4.31 Å². The molecule has 0 aromatic heterocycles. The number of rotatable bonds is 8. The maximum absolute atomic E-state index is 13.2. The minimum atomic E-state index is -3.59. The molecule has 3 rings (SSSR count). The average Bonchev–Trinajstić information content (AvgIpc) is 2.74. The summed E-state index contributed by atoms with van der Waals surface area (Å²) < 4.78 is 25.5. The molecule has 0 aliphatic carbocycles. The largest absolute Gasteiger partial charge is 0.323 e. The molecule has 31 heavy (non-hydrogen) atoms. The number of amides is 1. The van der Waals surface area contributed by atoms with Crippen LogP contribution in [0.25, 0.3) is 0 Å². The SMILES string of the molecule is CN(C(C(=O)Nc1ccccc1SCc1ccc(Cl)cc1)c1ccccc1)S(C)(=O)=O. The van der Waals surface area contributed by atoms with Crippen molar-refractivity contribution in [2.45, 2.75) is 16.7 Å². The van der Waals surface area contributed by atoms with Crippen molar-refractivity contribution in [3.05, 3.63) is 95.0 Å². The summed E-state index contributed by atoms with van der Waals surface area (Å²) in [6.45, 7) is 0. The van der Waals surface area contributed by atoms with E-state index < -0.39 is 22.0 Å². The van der Waals surface area contributed by atoms with Crippen LogP contribution in [0.2, 0.25) is 5.02 Å². The maximum Gasteiger partial charge on any atom is 0.247 e. The highest BCUT2D eigenvalue weighted by molar-refractivity contribution is 7.98. The van der Waals surface area contributed by atoms with Gasteiger partial charge >= 0.3 is 0 Å². The van der Waals surface area contributed by atoms with Crippen LogP contribution in [-0.4, -0.2) is 31.9 Å². The molecule has 0 heterocycles. The second-order valence-corrected chi connectivity index (χ2v) is 10.5. The standard InChI is InChI=1S/C23H23ClN2O3S2/c1-26(31(2,28)29)22(18-8-4-3-5-9-18)23(27)25-20-10-6-7-11-21(20)30-16-17-12-14-19(24)15-13-17/h3-15,22H,16H2,1-2H3,(H,25,27). The summed E-state index contributed by atoms with van der Waals surface area (Å²) in [6, 6.07) is 23.0. The summed E-state index contributed by atoms with van der Waals surface area (Å²) in [6.07, 6.45) is 1.09.